The fraction of sp³-hybridized carbons (Fsp3) is 0.900. The number of hydrogen-bond donors (Lipinski definition) is 1. The summed E-state index contributed by atoms with van der Waals surface area (Å²) in [6, 6.07) is 0.558. The third-order valence-electron chi connectivity index (χ3n) is 2.18. The molecule has 0 saturated heterocycles. The summed E-state index contributed by atoms with van der Waals surface area (Å²) in [5.41, 5.74) is 0. The highest BCUT2D eigenvalue weighted by molar-refractivity contribution is 8.13. The molecule has 0 radical (unpaired) electrons. The van der Waals surface area contributed by atoms with E-state index in [0.29, 0.717) is 6.04 Å². The van der Waals surface area contributed by atoms with Gasteiger partial charge in [0, 0.05) is 18.3 Å². The van der Waals surface area contributed by atoms with Gasteiger partial charge in [-0.1, -0.05) is 18.7 Å². The molecule has 1 heterocycles. The lowest BCUT2D eigenvalue weighted by atomic mass is 10.2. The van der Waals surface area contributed by atoms with Gasteiger partial charge in [0.15, 0.2) is 5.17 Å². The smallest absolute Gasteiger partial charge is 0.156 e. The van der Waals surface area contributed by atoms with Crippen LogP contribution in [0.25, 0.3) is 0 Å². The summed E-state index contributed by atoms with van der Waals surface area (Å²) in [5.74, 6) is 3.18. The molecule has 0 aliphatic carbocycles. The summed E-state index contributed by atoms with van der Waals surface area (Å²) in [7, 11) is 0. The van der Waals surface area contributed by atoms with Crippen LogP contribution >= 0.6 is 23.5 Å². The van der Waals surface area contributed by atoms with E-state index in [1.54, 1.807) is 0 Å². The highest BCUT2D eigenvalue weighted by Crippen LogP contribution is 2.16. The third kappa shape index (κ3) is 4.60. The van der Waals surface area contributed by atoms with Crippen LogP contribution in [0.2, 0.25) is 0 Å². The molecular formula is C10H20N2S2. The van der Waals surface area contributed by atoms with Gasteiger partial charge in [-0.2, -0.15) is 11.8 Å². The van der Waals surface area contributed by atoms with E-state index in [1.807, 2.05) is 23.5 Å². The van der Waals surface area contributed by atoms with Crippen molar-refractivity contribution >= 4 is 28.7 Å². The first-order chi connectivity index (χ1) is 6.72. The number of amidine groups is 1. The predicted molar refractivity (Wildman–Crippen MR) is 69.5 cm³/mol. The number of thioether (sulfide) groups is 2. The molecule has 0 aromatic heterocycles. The Bertz CT molecular complexity index is 195. The Morgan fingerprint density at radius 2 is 2.50 bits per heavy atom. The van der Waals surface area contributed by atoms with Gasteiger partial charge >= 0.3 is 0 Å². The van der Waals surface area contributed by atoms with Crippen molar-refractivity contribution in [3.05, 3.63) is 0 Å². The fourth-order valence-electron chi connectivity index (χ4n) is 1.22. The highest BCUT2D eigenvalue weighted by atomic mass is 32.2. The van der Waals surface area contributed by atoms with E-state index in [2.05, 4.69) is 30.4 Å². The molecule has 0 fully saturated rings. The topological polar surface area (TPSA) is 24.4 Å². The molecule has 0 spiro atoms. The zero-order valence-corrected chi connectivity index (χ0v) is 10.9. The van der Waals surface area contributed by atoms with Crippen LogP contribution in [0.15, 0.2) is 4.99 Å². The zero-order valence-electron chi connectivity index (χ0n) is 9.25. The van der Waals surface area contributed by atoms with Gasteiger partial charge in [-0.15, -0.1) is 0 Å². The van der Waals surface area contributed by atoms with Crippen molar-refractivity contribution in [3.8, 4) is 0 Å². The van der Waals surface area contributed by atoms with Crippen LogP contribution in [-0.2, 0) is 0 Å². The molecule has 1 aliphatic rings. The van der Waals surface area contributed by atoms with Crippen LogP contribution in [0.4, 0.5) is 0 Å². The molecule has 14 heavy (non-hydrogen) atoms. The molecule has 2 atom stereocenters. The van der Waals surface area contributed by atoms with Crippen LogP contribution in [0.1, 0.15) is 20.3 Å². The molecule has 4 heteroatoms. The van der Waals surface area contributed by atoms with Gasteiger partial charge in [-0.3, -0.25) is 4.99 Å². The first-order valence-corrected chi connectivity index (χ1v) is 7.53. The number of nitrogens with one attached hydrogen (secondary N) is 1. The second kappa shape index (κ2) is 6.62. The van der Waals surface area contributed by atoms with E-state index in [1.165, 1.54) is 17.9 Å². The number of hydrogen-bond acceptors (Lipinski definition) is 4. The minimum absolute atomic E-state index is 0.558. The Kier molecular flexibility index (Phi) is 5.78. The maximum atomic E-state index is 4.52. The first kappa shape index (κ1) is 12.2. The zero-order chi connectivity index (χ0) is 10.4. The average Bonchev–Trinajstić information content (AvgIpc) is 2.18. The van der Waals surface area contributed by atoms with E-state index < -0.39 is 0 Å². The Hall–Kier alpha value is 0.170. The summed E-state index contributed by atoms with van der Waals surface area (Å²) in [6.45, 7) is 5.48. The average molecular weight is 232 g/mol. The number of rotatable bonds is 4. The van der Waals surface area contributed by atoms with Gasteiger partial charge < -0.3 is 5.32 Å². The van der Waals surface area contributed by atoms with Crippen molar-refractivity contribution in [1.82, 2.24) is 5.32 Å². The lowest BCUT2D eigenvalue weighted by Crippen LogP contribution is -2.33. The first-order valence-electron chi connectivity index (χ1n) is 5.15. The van der Waals surface area contributed by atoms with Crippen molar-refractivity contribution < 1.29 is 0 Å². The minimum atomic E-state index is 0.558. The molecule has 1 N–H and O–H groups in total. The molecular weight excluding hydrogens is 212 g/mol. The van der Waals surface area contributed by atoms with E-state index in [-0.39, 0.29) is 0 Å². The summed E-state index contributed by atoms with van der Waals surface area (Å²) in [6.07, 6.45) is 3.37. The Morgan fingerprint density at radius 3 is 3.07 bits per heavy atom. The second-order valence-corrected chi connectivity index (χ2v) is 5.88. The molecule has 1 aliphatic heterocycles. The number of nitrogens with zero attached hydrogens (tertiary/aromatic N) is 1. The molecule has 2 nitrogen and oxygen atoms in total. The van der Waals surface area contributed by atoms with E-state index in [9.17, 15) is 0 Å². The molecule has 0 amide bonds. The van der Waals surface area contributed by atoms with E-state index in [0.717, 1.165) is 17.6 Å². The minimum Gasteiger partial charge on any atom is -0.362 e. The highest BCUT2D eigenvalue weighted by Gasteiger charge is 2.13. The summed E-state index contributed by atoms with van der Waals surface area (Å²) in [4.78, 5) is 4.52. The molecule has 0 aromatic rings. The van der Waals surface area contributed by atoms with E-state index in [4.69, 9.17) is 0 Å². The standard InChI is InChI=1S/C10H20N2S2/c1-8-6-11-10(14-7-8)12-9(2)4-5-13-3/h8-9H,4-7H2,1-3H3,(H,11,12). The third-order valence-corrected chi connectivity index (χ3v) is 4.08. The van der Waals surface area contributed by atoms with Gasteiger partial charge in [-0.05, 0) is 31.3 Å². The molecule has 82 valence electrons. The largest absolute Gasteiger partial charge is 0.362 e. The van der Waals surface area contributed by atoms with Gasteiger partial charge in [-0.25, -0.2) is 0 Å². The summed E-state index contributed by atoms with van der Waals surface area (Å²) < 4.78 is 0. The van der Waals surface area contributed by atoms with Crippen molar-refractivity contribution in [3.63, 3.8) is 0 Å². The van der Waals surface area contributed by atoms with Gasteiger partial charge in [0.1, 0.15) is 0 Å². The quantitative estimate of drug-likeness (QED) is 0.806. The monoisotopic (exact) mass is 232 g/mol. The Morgan fingerprint density at radius 1 is 1.71 bits per heavy atom. The maximum Gasteiger partial charge on any atom is 0.156 e. The van der Waals surface area contributed by atoms with Crippen molar-refractivity contribution in [2.45, 2.75) is 26.3 Å². The van der Waals surface area contributed by atoms with Crippen molar-refractivity contribution in [2.24, 2.45) is 10.9 Å². The van der Waals surface area contributed by atoms with Crippen LogP contribution in [0.5, 0.6) is 0 Å². The van der Waals surface area contributed by atoms with Gasteiger partial charge in [0.25, 0.3) is 0 Å². The SMILES string of the molecule is CSCCC(C)NC1=NCC(C)CS1. The van der Waals surface area contributed by atoms with Crippen molar-refractivity contribution in [1.29, 1.82) is 0 Å². The lowest BCUT2D eigenvalue weighted by Gasteiger charge is -2.21. The van der Waals surface area contributed by atoms with E-state index >= 15 is 0 Å². The summed E-state index contributed by atoms with van der Waals surface area (Å²) in [5, 5.41) is 4.62. The normalized spacial score (nSPS) is 24.2. The van der Waals surface area contributed by atoms with Crippen LogP contribution in [0, 0.1) is 5.92 Å². The van der Waals surface area contributed by atoms with Crippen LogP contribution in [-0.4, -0.2) is 35.5 Å². The maximum absolute atomic E-state index is 4.52. The Labute approximate surface area is 95.7 Å². The van der Waals surface area contributed by atoms with Gasteiger partial charge in [0.05, 0.1) is 0 Å². The van der Waals surface area contributed by atoms with Crippen LogP contribution < -0.4 is 5.32 Å². The molecule has 0 saturated carbocycles. The predicted octanol–water partition coefficient (Wildman–Crippen LogP) is 2.46. The molecule has 0 aromatic carbocycles. The lowest BCUT2D eigenvalue weighted by molar-refractivity contribution is 0.633. The summed E-state index contributed by atoms with van der Waals surface area (Å²) >= 11 is 3.77. The number of aliphatic imine (C=N–C) groups is 1. The molecule has 0 bridgehead atoms. The van der Waals surface area contributed by atoms with Gasteiger partial charge in [0.2, 0.25) is 0 Å². The van der Waals surface area contributed by atoms with Crippen molar-refractivity contribution in [2.75, 3.05) is 24.3 Å². The second-order valence-electron chi connectivity index (χ2n) is 3.89. The van der Waals surface area contributed by atoms with Crippen LogP contribution in [0.3, 0.4) is 0 Å². The Balaban J connectivity index is 2.23. The molecule has 1 rings (SSSR count). The fourth-order valence-corrected chi connectivity index (χ4v) is 2.81. The molecule has 2 unspecified atom stereocenters.